The Balaban J connectivity index is 1.45. The van der Waals surface area contributed by atoms with Crippen LogP contribution in [-0.4, -0.2) is 28.8 Å². The van der Waals surface area contributed by atoms with E-state index < -0.39 is 0 Å². The Morgan fingerprint density at radius 1 is 1.17 bits per heavy atom. The van der Waals surface area contributed by atoms with Crippen LogP contribution < -0.4 is 15.4 Å². The molecule has 1 fully saturated rings. The van der Waals surface area contributed by atoms with Crippen molar-refractivity contribution in [3.05, 3.63) is 78.1 Å². The van der Waals surface area contributed by atoms with Crippen molar-refractivity contribution in [1.29, 1.82) is 0 Å². The van der Waals surface area contributed by atoms with E-state index >= 15 is 0 Å². The molecule has 2 unspecified atom stereocenters. The minimum absolute atomic E-state index is 0.132. The topological polar surface area (TPSA) is 68.2 Å². The molecule has 1 aromatic heterocycles. The van der Waals surface area contributed by atoms with E-state index in [0.29, 0.717) is 23.2 Å². The highest BCUT2D eigenvalue weighted by Crippen LogP contribution is 2.29. The van der Waals surface area contributed by atoms with Gasteiger partial charge in [-0.15, -0.1) is 0 Å². The fourth-order valence-corrected chi connectivity index (χ4v) is 3.56. The molecule has 0 aliphatic carbocycles. The maximum absolute atomic E-state index is 12.8. The minimum atomic E-state index is -0.240. The average Bonchev–Trinajstić information content (AvgIpc) is 3.27. The van der Waals surface area contributed by atoms with Crippen molar-refractivity contribution in [2.24, 2.45) is 0 Å². The van der Waals surface area contributed by atoms with Gasteiger partial charge in [0.1, 0.15) is 11.9 Å². The van der Waals surface area contributed by atoms with Gasteiger partial charge in [0.2, 0.25) is 0 Å². The molecular formula is C23H26N4O2. The van der Waals surface area contributed by atoms with Crippen LogP contribution in [0.25, 0.3) is 0 Å². The van der Waals surface area contributed by atoms with Gasteiger partial charge in [0.05, 0.1) is 11.7 Å². The molecule has 0 saturated carbocycles. The summed E-state index contributed by atoms with van der Waals surface area (Å²) in [6.45, 7) is 3.92. The molecule has 0 radical (unpaired) electrons. The number of aromatic nitrogens is 2. The first-order valence-electron chi connectivity index (χ1n) is 10.1. The molecule has 3 aromatic rings. The van der Waals surface area contributed by atoms with E-state index in [4.69, 9.17) is 4.74 Å². The van der Waals surface area contributed by atoms with Gasteiger partial charge >= 0.3 is 0 Å². The average molecular weight is 390 g/mol. The Morgan fingerprint density at radius 3 is 2.76 bits per heavy atom. The maximum Gasteiger partial charge on any atom is 0.276 e. The Labute approximate surface area is 170 Å². The smallest absolute Gasteiger partial charge is 0.276 e. The molecule has 6 heteroatoms. The lowest BCUT2D eigenvalue weighted by Crippen LogP contribution is -2.32. The van der Waals surface area contributed by atoms with E-state index in [9.17, 15) is 4.79 Å². The first-order valence-corrected chi connectivity index (χ1v) is 10.1. The SMILES string of the molecule is CC(Oc1ccccc1NC(=O)c1ccn(C2CCCNC2)n1)c1ccccc1. The molecule has 4 rings (SSSR count). The Bertz CT molecular complexity index is 948. The lowest BCUT2D eigenvalue weighted by molar-refractivity contribution is 0.102. The predicted octanol–water partition coefficient (Wildman–Crippen LogP) is 4.20. The molecule has 0 bridgehead atoms. The van der Waals surface area contributed by atoms with Crippen molar-refractivity contribution >= 4 is 11.6 Å². The number of para-hydroxylation sites is 2. The van der Waals surface area contributed by atoms with Gasteiger partial charge in [-0.2, -0.15) is 5.10 Å². The zero-order valence-corrected chi connectivity index (χ0v) is 16.5. The number of nitrogens with zero attached hydrogens (tertiary/aromatic N) is 2. The van der Waals surface area contributed by atoms with Gasteiger partial charge in [-0.3, -0.25) is 9.48 Å². The number of nitrogens with one attached hydrogen (secondary N) is 2. The minimum Gasteiger partial charge on any atom is -0.484 e. The van der Waals surface area contributed by atoms with Crippen LogP contribution in [0, 0.1) is 0 Å². The van der Waals surface area contributed by atoms with Crippen molar-refractivity contribution in [3.8, 4) is 5.75 Å². The number of amides is 1. The number of carbonyl (C=O) groups excluding carboxylic acids is 1. The molecule has 1 aliphatic rings. The van der Waals surface area contributed by atoms with E-state index in [1.807, 2.05) is 72.4 Å². The quantitative estimate of drug-likeness (QED) is 0.662. The fourth-order valence-electron chi connectivity index (χ4n) is 3.56. The number of hydrogen-bond acceptors (Lipinski definition) is 4. The molecule has 2 atom stereocenters. The van der Waals surface area contributed by atoms with E-state index in [0.717, 1.165) is 31.5 Å². The Kier molecular flexibility index (Phi) is 5.91. The normalized spacial score (nSPS) is 17.5. The molecule has 6 nitrogen and oxygen atoms in total. The fraction of sp³-hybridized carbons (Fsp3) is 0.304. The second-order valence-electron chi connectivity index (χ2n) is 7.30. The molecule has 1 aliphatic heterocycles. The van der Waals surface area contributed by atoms with Crippen molar-refractivity contribution in [3.63, 3.8) is 0 Å². The van der Waals surface area contributed by atoms with Crippen molar-refractivity contribution in [2.45, 2.75) is 31.9 Å². The Hall–Kier alpha value is -3.12. The molecule has 2 heterocycles. The molecule has 0 spiro atoms. The lowest BCUT2D eigenvalue weighted by atomic mass is 10.1. The van der Waals surface area contributed by atoms with Crippen molar-refractivity contribution in [1.82, 2.24) is 15.1 Å². The third-order valence-electron chi connectivity index (χ3n) is 5.19. The van der Waals surface area contributed by atoms with Crippen LogP contribution in [-0.2, 0) is 0 Å². The number of piperidine rings is 1. The van der Waals surface area contributed by atoms with Gasteiger partial charge in [-0.1, -0.05) is 42.5 Å². The summed E-state index contributed by atoms with van der Waals surface area (Å²) in [4.78, 5) is 12.8. The van der Waals surface area contributed by atoms with Gasteiger partial charge in [-0.25, -0.2) is 0 Å². The molecule has 2 N–H and O–H groups in total. The molecule has 29 heavy (non-hydrogen) atoms. The monoisotopic (exact) mass is 390 g/mol. The van der Waals surface area contributed by atoms with Crippen LogP contribution in [0.3, 0.4) is 0 Å². The molecule has 1 saturated heterocycles. The molecule has 2 aromatic carbocycles. The number of ether oxygens (including phenoxy) is 1. The second-order valence-corrected chi connectivity index (χ2v) is 7.30. The van der Waals surface area contributed by atoms with E-state index in [1.165, 1.54) is 0 Å². The number of rotatable bonds is 6. The van der Waals surface area contributed by atoms with E-state index in [-0.39, 0.29) is 12.0 Å². The van der Waals surface area contributed by atoms with Gasteiger partial charge in [0.15, 0.2) is 5.69 Å². The second kappa shape index (κ2) is 8.92. The van der Waals surface area contributed by atoms with Crippen LogP contribution in [0.2, 0.25) is 0 Å². The van der Waals surface area contributed by atoms with Crippen LogP contribution in [0.4, 0.5) is 5.69 Å². The van der Waals surface area contributed by atoms with Crippen LogP contribution in [0.1, 0.15) is 48.0 Å². The van der Waals surface area contributed by atoms with Gasteiger partial charge in [0.25, 0.3) is 5.91 Å². The zero-order chi connectivity index (χ0) is 20.1. The summed E-state index contributed by atoms with van der Waals surface area (Å²) in [5, 5.41) is 10.8. The third-order valence-corrected chi connectivity index (χ3v) is 5.19. The third kappa shape index (κ3) is 4.66. The van der Waals surface area contributed by atoms with E-state index in [2.05, 4.69) is 15.7 Å². The van der Waals surface area contributed by atoms with Crippen molar-refractivity contribution < 1.29 is 9.53 Å². The standard InChI is InChI=1S/C23H26N4O2/c1-17(18-8-3-2-4-9-18)29-22-12-6-5-11-20(22)25-23(28)21-13-15-27(26-21)19-10-7-14-24-16-19/h2-6,8-9,11-13,15,17,19,24H,7,10,14,16H2,1H3,(H,25,28). The summed E-state index contributed by atoms with van der Waals surface area (Å²) in [6, 6.07) is 19.5. The van der Waals surface area contributed by atoms with E-state index in [1.54, 1.807) is 6.07 Å². The van der Waals surface area contributed by atoms with Gasteiger partial charge in [-0.05, 0) is 50.1 Å². The lowest BCUT2D eigenvalue weighted by Gasteiger charge is -2.22. The highest BCUT2D eigenvalue weighted by atomic mass is 16.5. The largest absolute Gasteiger partial charge is 0.484 e. The molecule has 1 amide bonds. The van der Waals surface area contributed by atoms with Gasteiger partial charge in [0, 0.05) is 12.7 Å². The van der Waals surface area contributed by atoms with Crippen LogP contribution in [0.15, 0.2) is 66.9 Å². The first kappa shape index (κ1) is 19.2. The maximum atomic E-state index is 12.8. The zero-order valence-electron chi connectivity index (χ0n) is 16.5. The number of hydrogen-bond donors (Lipinski definition) is 2. The molecular weight excluding hydrogens is 364 g/mol. The number of benzene rings is 2. The summed E-state index contributed by atoms with van der Waals surface area (Å²) in [5.74, 6) is 0.393. The van der Waals surface area contributed by atoms with Crippen LogP contribution in [0.5, 0.6) is 5.75 Å². The summed E-state index contributed by atoms with van der Waals surface area (Å²) < 4.78 is 8.01. The van der Waals surface area contributed by atoms with Crippen molar-refractivity contribution in [2.75, 3.05) is 18.4 Å². The summed E-state index contributed by atoms with van der Waals surface area (Å²) in [7, 11) is 0. The summed E-state index contributed by atoms with van der Waals surface area (Å²) in [5.41, 5.74) is 2.11. The molecule has 150 valence electrons. The highest BCUT2D eigenvalue weighted by molar-refractivity contribution is 6.03. The number of anilines is 1. The number of carbonyl (C=O) groups is 1. The van der Waals surface area contributed by atoms with Crippen LogP contribution >= 0.6 is 0 Å². The predicted molar refractivity (Wildman–Crippen MR) is 113 cm³/mol. The summed E-state index contributed by atoms with van der Waals surface area (Å²) >= 11 is 0. The van der Waals surface area contributed by atoms with Gasteiger partial charge < -0.3 is 15.4 Å². The first-order chi connectivity index (χ1) is 14.2. The summed E-state index contributed by atoms with van der Waals surface area (Å²) in [6.07, 6.45) is 3.94. The highest BCUT2D eigenvalue weighted by Gasteiger charge is 2.19. The Morgan fingerprint density at radius 2 is 1.97 bits per heavy atom.